The molecule has 0 saturated carbocycles. The Morgan fingerprint density at radius 1 is 1.36 bits per heavy atom. The molecule has 5 nitrogen and oxygen atoms in total. The second-order valence-corrected chi connectivity index (χ2v) is 5.91. The maximum atomic E-state index is 12.6. The van der Waals surface area contributed by atoms with E-state index in [0.717, 1.165) is 36.9 Å². The van der Waals surface area contributed by atoms with E-state index in [9.17, 15) is 4.79 Å². The van der Waals surface area contributed by atoms with Crippen molar-refractivity contribution in [3.05, 3.63) is 48.0 Å². The third kappa shape index (κ3) is 3.35. The first kappa shape index (κ1) is 14.8. The number of amides is 1. The number of piperidine rings is 1. The highest BCUT2D eigenvalue weighted by atomic mass is 16.2. The molecule has 116 valence electrons. The summed E-state index contributed by atoms with van der Waals surface area (Å²) in [5, 5.41) is 4.15. The molecule has 0 N–H and O–H groups in total. The molecule has 1 amide bonds. The van der Waals surface area contributed by atoms with E-state index in [0.29, 0.717) is 6.42 Å². The summed E-state index contributed by atoms with van der Waals surface area (Å²) in [6.45, 7) is 0.853. The van der Waals surface area contributed by atoms with Gasteiger partial charge in [-0.15, -0.1) is 0 Å². The van der Waals surface area contributed by atoms with Crippen molar-refractivity contribution in [2.24, 2.45) is 7.05 Å². The number of hydrogen-bond donors (Lipinski definition) is 0. The molecule has 3 heterocycles. The average molecular weight is 298 g/mol. The van der Waals surface area contributed by atoms with Gasteiger partial charge in [0.05, 0.1) is 12.2 Å². The van der Waals surface area contributed by atoms with Gasteiger partial charge < -0.3 is 4.90 Å². The molecule has 1 atom stereocenters. The van der Waals surface area contributed by atoms with Crippen molar-refractivity contribution in [3.63, 3.8) is 0 Å². The van der Waals surface area contributed by atoms with Crippen LogP contribution in [0.1, 0.15) is 42.9 Å². The van der Waals surface area contributed by atoms with Crippen LogP contribution in [0.2, 0.25) is 0 Å². The Morgan fingerprint density at radius 2 is 2.27 bits per heavy atom. The van der Waals surface area contributed by atoms with Crippen LogP contribution in [0.4, 0.5) is 0 Å². The molecule has 1 unspecified atom stereocenters. The minimum Gasteiger partial charge on any atom is -0.336 e. The Morgan fingerprint density at radius 3 is 3.00 bits per heavy atom. The summed E-state index contributed by atoms with van der Waals surface area (Å²) in [6, 6.07) is 4.20. The van der Waals surface area contributed by atoms with Gasteiger partial charge in [-0.05, 0) is 42.9 Å². The van der Waals surface area contributed by atoms with Crippen LogP contribution in [0.25, 0.3) is 0 Å². The van der Waals surface area contributed by atoms with Crippen molar-refractivity contribution in [1.82, 2.24) is 19.7 Å². The zero-order valence-electron chi connectivity index (χ0n) is 13.0. The van der Waals surface area contributed by atoms with Crippen LogP contribution < -0.4 is 0 Å². The molecule has 1 saturated heterocycles. The number of aromatic nitrogens is 3. The topological polar surface area (TPSA) is 51.0 Å². The second kappa shape index (κ2) is 6.73. The van der Waals surface area contributed by atoms with E-state index in [2.05, 4.69) is 16.1 Å². The smallest absolute Gasteiger partial charge is 0.223 e. The monoisotopic (exact) mass is 298 g/mol. The average Bonchev–Trinajstić information content (AvgIpc) is 2.99. The van der Waals surface area contributed by atoms with Crippen LogP contribution in [0.3, 0.4) is 0 Å². The van der Waals surface area contributed by atoms with Crippen LogP contribution in [-0.2, 0) is 18.3 Å². The van der Waals surface area contributed by atoms with E-state index in [1.807, 2.05) is 36.6 Å². The van der Waals surface area contributed by atoms with Crippen LogP contribution in [-0.4, -0.2) is 32.1 Å². The van der Waals surface area contributed by atoms with Crippen molar-refractivity contribution < 1.29 is 4.79 Å². The SMILES string of the molecule is Cn1cc(CCC(=O)N2CCCCC2c2cccnc2)cn1. The molecule has 2 aromatic rings. The molecular weight excluding hydrogens is 276 g/mol. The zero-order chi connectivity index (χ0) is 15.4. The van der Waals surface area contributed by atoms with E-state index < -0.39 is 0 Å². The maximum Gasteiger partial charge on any atom is 0.223 e. The fourth-order valence-corrected chi connectivity index (χ4v) is 3.15. The van der Waals surface area contributed by atoms with Gasteiger partial charge in [0.1, 0.15) is 0 Å². The highest BCUT2D eigenvalue weighted by Gasteiger charge is 2.27. The second-order valence-electron chi connectivity index (χ2n) is 5.91. The molecule has 0 radical (unpaired) electrons. The van der Waals surface area contributed by atoms with E-state index in [1.54, 1.807) is 10.9 Å². The summed E-state index contributed by atoms with van der Waals surface area (Å²) < 4.78 is 1.78. The summed E-state index contributed by atoms with van der Waals surface area (Å²) in [7, 11) is 1.90. The number of rotatable bonds is 4. The van der Waals surface area contributed by atoms with Crippen molar-refractivity contribution in [3.8, 4) is 0 Å². The quantitative estimate of drug-likeness (QED) is 0.871. The van der Waals surface area contributed by atoms with Gasteiger partial charge in [0.2, 0.25) is 5.91 Å². The fourth-order valence-electron chi connectivity index (χ4n) is 3.15. The minimum atomic E-state index is 0.184. The zero-order valence-corrected chi connectivity index (χ0v) is 13.0. The largest absolute Gasteiger partial charge is 0.336 e. The number of pyridine rings is 1. The lowest BCUT2D eigenvalue weighted by atomic mass is 9.95. The Balaban J connectivity index is 1.66. The normalized spacial score (nSPS) is 18.4. The van der Waals surface area contributed by atoms with Gasteiger partial charge in [-0.2, -0.15) is 5.10 Å². The predicted molar refractivity (Wildman–Crippen MR) is 84.1 cm³/mol. The molecule has 1 aliphatic rings. The van der Waals surface area contributed by atoms with Crippen molar-refractivity contribution in [1.29, 1.82) is 0 Å². The summed E-state index contributed by atoms with van der Waals surface area (Å²) in [5.41, 5.74) is 2.27. The number of likely N-dealkylation sites (tertiary alicyclic amines) is 1. The molecule has 0 bridgehead atoms. The lowest BCUT2D eigenvalue weighted by Crippen LogP contribution is -2.38. The first-order valence-electron chi connectivity index (χ1n) is 7.91. The number of carbonyl (C=O) groups excluding carboxylic acids is 1. The first-order chi connectivity index (χ1) is 10.7. The standard InChI is InChI=1S/C17H22N4O/c1-20-13-14(11-19-20)7-8-17(22)21-10-3-2-6-16(21)15-5-4-9-18-12-15/h4-5,9,11-13,16H,2-3,6-8,10H2,1H3. The highest BCUT2D eigenvalue weighted by molar-refractivity contribution is 5.77. The summed E-state index contributed by atoms with van der Waals surface area (Å²) in [6.07, 6.45) is 12.1. The molecule has 22 heavy (non-hydrogen) atoms. The summed E-state index contributed by atoms with van der Waals surface area (Å²) in [4.78, 5) is 18.9. The summed E-state index contributed by atoms with van der Waals surface area (Å²) in [5.74, 6) is 0.234. The lowest BCUT2D eigenvalue weighted by molar-refractivity contribution is -0.135. The van der Waals surface area contributed by atoms with E-state index >= 15 is 0 Å². The van der Waals surface area contributed by atoms with Gasteiger partial charge in [-0.3, -0.25) is 14.5 Å². The number of hydrogen-bond acceptors (Lipinski definition) is 3. The van der Waals surface area contributed by atoms with Gasteiger partial charge in [-0.25, -0.2) is 0 Å². The third-order valence-electron chi connectivity index (χ3n) is 4.28. The number of aryl methyl sites for hydroxylation is 2. The van der Waals surface area contributed by atoms with Gasteiger partial charge in [0.15, 0.2) is 0 Å². The minimum absolute atomic E-state index is 0.184. The van der Waals surface area contributed by atoms with Gasteiger partial charge >= 0.3 is 0 Å². The van der Waals surface area contributed by atoms with Crippen LogP contribution in [0.5, 0.6) is 0 Å². The fraction of sp³-hybridized carbons (Fsp3) is 0.471. The number of nitrogens with zero attached hydrogens (tertiary/aromatic N) is 4. The summed E-state index contributed by atoms with van der Waals surface area (Å²) >= 11 is 0. The Bertz CT molecular complexity index is 623. The molecule has 5 heteroatoms. The molecule has 0 spiro atoms. The molecule has 2 aromatic heterocycles. The van der Waals surface area contributed by atoms with Crippen molar-refractivity contribution in [2.75, 3.05) is 6.54 Å². The van der Waals surface area contributed by atoms with Crippen LogP contribution >= 0.6 is 0 Å². The van der Waals surface area contributed by atoms with E-state index in [4.69, 9.17) is 0 Å². The molecule has 0 aliphatic carbocycles. The molecule has 0 aromatic carbocycles. The Hall–Kier alpha value is -2.17. The van der Waals surface area contributed by atoms with E-state index in [-0.39, 0.29) is 11.9 Å². The third-order valence-corrected chi connectivity index (χ3v) is 4.28. The van der Waals surface area contributed by atoms with Gasteiger partial charge in [0.25, 0.3) is 0 Å². The van der Waals surface area contributed by atoms with Gasteiger partial charge in [0, 0.05) is 38.6 Å². The van der Waals surface area contributed by atoms with Crippen molar-refractivity contribution in [2.45, 2.75) is 38.1 Å². The van der Waals surface area contributed by atoms with Gasteiger partial charge in [-0.1, -0.05) is 6.07 Å². The number of carbonyl (C=O) groups is 1. The molecule has 1 aliphatic heterocycles. The van der Waals surface area contributed by atoms with Crippen LogP contribution in [0, 0.1) is 0 Å². The van der Waals surface area contributed by atoms with Crippen molar-refractivity contribution >= 4 is 5.91 Å². The molecular formula is C17H22N4O. The maximum absolute atomic E-state index is 12.6. The van der Waals surface area contributed by atoms with E-state index in [1.165, 1.54) is 6.42 Å². The molecule has 3 rings (SSSR count). The van der Waals surface area contributed by atoms with Crippen LogP contribution in [0.15, 0.2) is 36.9 Å². The lowest BCUT2D eigenvalue weighted by Gasteiger charge is -2.36. The molecule has 1 fully saturated rings. The first-order valence-corrected chi connectivity index (χ1v) is 7.91. The highest BCUT2D eigenvalue weighted by Crippen LogP contribution is 2.31. The predicted octanol–water partition coefficient (Wildman–Crippen LogP) is 2.50. The Labute approximate surface area is 131 Å². The Kier molecular flexibility index (Phi) is 4.51.